The molecular weight excluding hydrogens is 290 g/mol. The third-order valence-electron chi connectivity index (χ3n) is 3.43. The van der Waals surface area contributed by atoms with E-state index in [1.807, 2.05) is 0 Å². The molecule has 0 aromatic heterocycles. The number of primary sulfonamides is 1. The molecule has 1 aromatic rings. The van der Waals surface area contributed by atoms with E-state index in [0.717, 1.165) is 6.42 Å². The number of hydrogen-bond acceptors (Lipinski definition) is 5. The zero-order valence-corrected chi connectivity index (χ0v) is 13.9. The molecule has 21 heavy (non-hydrogen) atoms. The predicted octanol–water partition coefficient (Wildman–Crippen LogP) is 1.70. The van der Waals surface area contributed by atoms with Crippen LogP contribution in [0.25, 0.3) is 0 Å². The fourth-order valence-electron chi connectivity index (χ4n) is 1.99. The lowest BCUT2D eigenvalue weighted by molar-refractivity contribution is 0.157. The molecule has 0 radical (unpaired) electrons. The van der Waals surface area contributed by atoms with Crippen LogP contribution in [0, 0.1) is 12.3 Å². The first-order chi connectivity index (χ1) is 9.57. The molecule has 1 aromatic carbocycles. The molecule has 5 N–H and O–H groups in total. The highest BCUT2D eigenvalue weighted by atomic mass is 32.2. The summed E-state index contributed by atoms with van der Waals surface area (Å²) in [7, 11) is -2.12. The van der Waals surface area contributed by atoms with Gasteiger partial charge in [0.15, 0.2) is 0 Å². The number of nitrogens with one attached hydrogen (secondary N) is 1. The van der Waals surface area contributed by atoms with Crippen LogP contribution in [0.3, 0.4) is 0 Å². The fraction of sp³-hybridized carbons (Fsp3) is 0.571. The van der Waals surface area contributed by atoms with Crippen LogP contribution in [0.4, 0.5) is 11.4 Å². The lowest BCUT2D eigenvalue weighted by Crippen LogP contribution is -2.25. The summed E-state index contributed by atoms with van der Waals surface area (Å²) in [4.78, 5) is 0.0553. The van der Waals surface area contributed by atoms with Crippen LogP contribution in [0.2, 0.25) is 0 Å². The Labute approximate surface area is 126 Å². The lowest BCUT2D eigenvalue weighted by atomic mass is 9.89. The monoisotopic (exact) mass is 315 g/mol. The fourth-order valence-corrected chi connectivity index (χ4v) is 2.83. The van der Waals surface area contributed by atoms with Gasteiger partial charge < -0.3 is 15.8 Å². The highest BCUT2D eigenvalue weighted by Crippen LogP contribution is 2.28. The average molecular weight is 315 g/mol. The van der Waals surface area contributed by atoms with Crippen molar-refractivity contribution in [2.75, 3.05) is 31.3 Å². The molecule has 120 valence electrons. The van der Waals surface area contributed by atoms with Gasteiger partial charge >= 0.3 is 0 Å². The molecule has 0 spiro atoms. The summed E-state index contributed by atoms with van der Waals surface area (Å²) in [6.07, 6.45) is 0.889. The number of ether oxygens (including phenoxy) is 1. The second-order valence-electron chi connectivity index (χ2n) is 6.00. The summed E-state index contributed by atoms with van der Waals surface area (Å²) in [6.45, 7) is 7.28. The number of benzene rings is 1. The van der Waals surface area contributed by atoms with Crippen molar-refractivity contribution >= 4 is 21.4 Å². The second kappa shape index (κ2) is 6.64. The SMILES string of the molecule is COCCC(C)(C)CNc1cc(N)cc(S(N)(=O)=O)c1C. The summed E-state index contributed by atoms with van der Waals surface area (Å²) < 4.78 is 28.2. The van der Waals surface area contributed by atoms with Crippen LogP contribution in [-0.2, 0) is 14.8 Å². The van der Waals surface area contributed by atoms with Crippen LogP contribution in [0.1, 0.15) is 25.8 Å². The van der Waals surface area contributed by atoms with Gasteiger partial charge in [0, 0.05) is 31.6 Å². The molecular formula is C14H25N3O3S. The molecule has 0 saturated heterocycles. The molecule has 0 atom stereocenters. The van der Waals surface area contributed by atoms with E-state index in [0.29, 0.717) is 30.1 Å². The summed E-state index contributed by atoms with van der Waals surface area (Å²) in [6, 6.07) is 3.10. The normalized spacial score (nSPS) is 12.4. The van der Waals surface area contributed by atoms with E-state index in [2.05, 4.69) is 19.2 Å². The van der Waals surface area contributed by atoms with Crippen molar-refractivity contribution in [2.45, 2.75) is 32.1 Å². The Balaban J connectivity index is 2.97. The minimum Gasteiger partial charge on any atom is -0.399 e. The Morgan fingerprint density at radius 1 is 1.33 bits per heavy atom. The zero-order chi connectivity index (χ0) is 16.3. The number of methoxy groups -OCH3 is 1. The van der Waals surface area contributed by atoms with E-state index in [1.54, 1.807) is 20.1 Å². The number of anilines is 2. The summed E-state index contributed by atoms with van der Waals surface area (Å²) >= 11 is 0. The summed E-state index contributed by atoms with van der Waals surface area (Å²) in [5.41, 5.74) is 7.40. The Morgan fingerprint density at radius 3 is 2.48 bits per heavy atom. The predicted molar refractivity (Wildman–Crippen MR) is 85.7 cm³/mol. The van der Waals surface area contributed by atoms with E-state index >= 15 is 0 Å². The summed E-state index contributed by atoms with van der Waals surface area (Å²) in [5, 5.41) is 8.48. The van der Waals surface area contributed by atoms with Crippen molar-refractivity contribution in [3.63, 3.8) is 0 Å². The standard InChI is InChI=1S/C14H25N3O3S/c1-10-12(17-9-14(2,3)5-6-20-4)7-11(15)8-13(10)21(16,18)19/h7-8,17H,5-6,9,15H2,1-4H3,(H2,16,18,19). The molecule has 1 rings (SSSR count). The van der Waals surface area contributed by atoms with Crippen molar-refractivity contribution in [1.29, 1.82) is 0 Å². The number of rotatable bonds is 7. The Kier molecular flexibility index (Phi) is 5.61. The van der Waals surface area contributed by atoms with Crippen LogP contribution in [0.15, 0.2) is 17.0 Å². The van der Waals surface area contributed by atoms with Crippen LogP contribution < -0.4 is 16.2 Å². The van der Waals surface area contributed by atoms with E-state index < -0.39 is 10.0 Å². The smallest absolute Gasteiger partial charge is 0.238 e. The molecule has 0 aliphatic heterocycles. The minimum atomic E-state index is -3.79. The third-order valence-corrected chi connectivity index (χ3v) is 4.47. The maximum Gasteiger partial charge on any atom is 0.238 e. The van der Waals surface area contributed by atoms with Crippen molar-refractivity contribution in [3.05, 3.63) is 17.7 Å². The molecule has 0 bridgehead atoms. The molecule has 7 heteroatoms. The van der Waals surface area contributed by atoms with Gasteiger partial charge in [0.05, 0.1) is 4.90 Å². The Bertz CT molecular complexity index is 598. The van der Waals surface area contributed by atoms with Gasteiger partial charge in [-0.3, -0.25) is 0 Å². The molecule has 0 amide bonds. The van der Waals surface area contributed by atoms with Crippen molar-refractivity contribution < 1.29 is 13.2 Å². The molecule has 6 nitrogen and oxygen atoms in total. The van der Waals surface area contributed by atoms with Gasteiger partial charge in [-0.1, -0.05) is 13.8 Å². The molecule has 0 saturated carbocycles. The third kappa shape index (κ3) is 5.18. The van der Waals surface area contributed by atoms with Gasteiger partial charge in [-0.2, -0.15) is 0 Å². The molecule has 0 fully saturated rings. The van der Waals surface area contributed by atoms with Crippen molar-refractivity contribution in [1.82, 2.24) is 0 Å². The van der Waals surface area contributed by atoms with Gasteiger partial charge in [0.25, 0.3) is 0 Å². The lowest BCUT2D eigenvalue weighted by Gasteiger charge is -2.26. The minimum absolute atomic E-state index is 0.00874. The highest BCUT2D eigenvalue weighted by Gasteiger charge is 2.20. The number of sulfonamides is 1. The quantitative estimate of drug-likeness (QED) is 0.664. The van der Waals surface area contributed by atoms with E-state index in [4.69, 9.17) is 15.6 Å². The number of nitrogen functional groups attached to an aromatic ring is 1. The maximum absolute atomic E-state index is 11.6. The average Bonchev–Trinajstić information content (AvgIpc) is 2.36. The van der Waals surface area contributed by atoms with Gasteiger partial charge in [-0.05, 0) is 36.5 Å². The first kappa shape index (κ1) is 17.7. The number of nitrogens with two attached hydrogens (primary N) is 2. The summed E-state index contributed by atoms with van der Waals surface area (Å²) in [5.74, 6) is 0. The zero-order valence-electron chi connectivity index (χ0n) is 13.1. The van der Waals surface area contributed by atoms with Crippen LogP contribution in [0.5, 0.6) is 0 Å². The number of hydrogen-bond donors (Lipinski definition) is 3. The van der Waals surface area contributed by atoms with E-state index in [1.165, 1.54) is 6.07 Å². The van der Waals surface area contributed by atoms with Crippen LogP contribution >= 0.6 is 0 Å². The van der Waals surface area contributed by atoms with Gasteiger partial charge in [0.2, 0.25) is 10.0 Å². The van der Waals surface area contributed by atoms with E-state index in [9.17, 15) is 8.42 Å². The highest BCUT2D eigenvalue weighted by molar-refractivity contribution is 7.89. The van der Waals surface area contributed by atoms with Crippen molar-refractivity contribution in [3.8, 4) is 0 Å². The topological polar surface area (TPSA) is 107 Å². The van der Waals surface area contributed by atoms with Crippen molar-refractivity contribution in [2.24, 2.45) is 10.6 Å². The Morgan fingerprint density at radius 2 is 1.95 bits per heavy atom. The van der Waals surface area contributed by atoms with E-state index in [-0.39, 0.29) is 10.3 Å². The first-order valence-electron chi connectivity index (χ1n) is 6.72. The molecule has 0 aliphatic rings. The largest absolute Gasteiger partial charge is 0.399 e. The van der Waals surface area contributed by atoms with Gasteiger partial charge in [-0.15, -0.1) is 0 Å². The van der Waals surface area contributed by atoms with Gasteiger partial charge in [-0.25, -0.2) is 13.6 Å². The second-order valence-corrected chi connectivity index (χ2v) is 7.53. The maximum atomic E-state index is 11.6. The van der Waals surface area contributed by atoms with Crippen LogP contribution in [-0.4, -0.2) is 28.7 Å². The molecule has 0 heterocycles. The van der Waals surface area contributed by atoms with Gasteiger partial charge in [0.1, 0.15) is 0 Å². The molecule has 0 unspecified atom stereocenters. The molecule has 0 aliphatic carbocycles. The first-order valence-corrected chi connectivity index (χ1v) is 8.27. The Hall–Kier alpha value is -1.31.